The molecule has 0 aliphatic carbocycles. The van der Waals surface area contributed by atoms with E-state index in [2.05, 4.69) is 24.0 Å². The van der Waals surface area contributed by atoms with Crippen LogP contribution in [-0.4, -0.2) is 48.8 Å². The summed E-state index contributed by atoms with van der Waals surface area (Å²) < 4.78 is 27.7. The van der Waals surface area contributed by atoms with E-state index in [0.717, 1.165) is 19.1 Å². The molecule has 0 N–H and O–H groups in total. The van der Waals surface area contributed by atoms with Gasteiger partial charge in [-0.3, -0.25) is 4.79 Å². The second kappa shape index (κ2) is 6.82. The van der Waals surface area contributed by atoms with Crippen molar-refractivity contribution < 1.29 is 17.6 Å². The maximum atomic E-state index is 12.5. The van der Waals surface area contributed by atoms with Crippen molar-refractivity contribution in [2.75, 3.05) is 19.3 Å². The monoisotopic (exact) mass is 357 g/mol. The summed E-state index contributed by atoms with van der Waals surface area (Å²) in [5.41, 5.74) is 0. The topological polar surface area (TPSA) is 93.4 Å². The van der Waals surface area contributed by atoms with E-state index in [1.54, 1.807) is 4.90 Å². The van der Waals surface area contributed by atoms with Gasteiger partial charge in [-0.25, -0.2) is 8.42 Å². The molecule has 8 heteroatoms. The Balaban J connectivity index is 2.05. The van der Waals surface area contributed by atoms with Gasteiger partial charge in [0, 0.05) is 19.3 Å². The molecule has 2 rings (SSSR count). The van der Waals surface area contributed by atoms with Gasteiger partial charge in [0.15, 0.2) is 9.84 Å². The Bertz CT molecular complexity index is 686. The molecule has 7 nitrogen and oxygen atoms in total. The van der Waals surface area contributed by atoms with E-state index >= 15 is 0 Å². The summed E-state index contributed by atoms with van der Waals surface area (Å²) in [6.07, 6.45) is 4.23. The van der Waals surface area contributed by atoms with Crippen LogP contribution in [-0.2, 0) is 14.6 Å². The van der Waals surface area contributed by atoms with Crippen LogP contribution in [0, 0.1) is 11.8 Å². The maximum Gasteiger partial charge on any atom is 0.311 e. The Morgan fingerprint density at radius 2 is 1.88 bits per heavy atom. The number of amides is 1. The third kappa shape index (κ3) is 3.96. The largest absolute Gasteiger partial charge is 0.415 e. The number of hydrogen-bond donors (Lipinski definition) is 0. The molecule has 1 aromatic heterocycles. The van der Waals surface area contributed by atoms with Gasteiger partial charge in [0.1, 0.15) is 4.75 Å². The molecule has 2 heterocycles. The van der Waals surface area contributed by atoms with Crippen molar-refractivity contribution in [3.05, 3.63) is 11.8 Å². The third-order valence-corrected chi connectivity index (χ3v) is 6.79. The number of carbonyl (C=O) groups excluding carboxylic acids is 1. The summed E-state index contributed by atoms with van der Waals surface area (Å²) in [5.74, 6) is 0.804. The third-order valence-electron chi connectivity index (χ3n) is 4.76. The molecule has 0 saturated carbocycles. The van der Waals surface area contributed by atoms with Gasteiger partial charge in [-0.05, 0) is 44.9 Å². The summed E-state index contributed by atoms with van der Waals surface area (Å²) in [5, 5.41) is 7.55. The van der Waals surface area contributed by atoms with Gasteiger partial charge >= 0.3 is 11.8 Å². The second-order valence-corrected chi connectivity index (χ2v) is 10.1. The fourth-order valence-corrected chi connectivity index (χ4v) is 3.28. The first kappa shape index (κ1) is 18.9. The van der Waals surface area contributed by atoms with Crippen LogP contribution in [0.4, 0.5) is 0 Å². The Morgan fingerprint density at radius 1 is 1.29 bits per heavy atom. The van der Waals surface area contributed by atoms with Crippen LogP contribution in [0.2, 0.25) is 0 Å². The second-order valence-electron chi connectivity index (χ2n) is 7.56. The molecular weight excluding hydrogens is 330 g/mol. The van der Waals surface area contributed by atoms with Crippen molar-refractivity contribution >= 4 is 15.7 Å². The van der Waals surface area contributed by atoms with E-state index in [4.69, 9.17) is 4.42 Å². The highest BCUT2D eigenvalue weighted by Crippen LogP contribution is 2.29. The van der Waals surface area contributed by atoms with Gasteiger partial charge in [0.05, 0.1) is 0 Å². The molecular formula is C16H27N3O4S. The number of piperidine rings is 1. The summed E-state index contributed by atoms with van der Waals surface area (Å²) in [6, 6.07) is 0. The average Bonchev–Trinajstić information content (AvgIpc) is 2.96. The van der Waals surface area contributed by atoms with Crippen LogP contribution in [0.1, 0.15) is 63.5 Å². The fourth-order valence-electron chi connectivity index (χ4n) is 2.89. The first-order valence-electron chi connectivity index (χ1n) is 8.35. The van der Waals surface area contributed by atoms with Crippen molar-refractivity contribution in [1.29, 1.82) is 0 Å². The van der Waals surface area contributed by atoms with E-state index in [1.165, 1.54) is 20.3 Å². The van der Waals surface area contributed by atoms with E-state index in [0.29, 0.717) is 24.9 Å². The van der Waals surface area contributed by atoms with Crippen molar-refractivity contribution in [3.63, 3.8) is 0 Å². The van der Waals surface area contributed by atoms with E-state index < -0.39 is 14.6 Å². The number of rotatable bonds is 5. The lowest BCUT2D eigenvalue weighted by atomic mass is 9.88. The number of likely N-dealkylation sites (tertiary alicyclic amines) is 1. The lowest BCUT2D eigenvalue weighted by Crippen LogP contribution is -2.38. The molecule has 1 aliphatic heterocycles. The van der Waals surface area contributed by atoms with Crippen LogP contribution in [0.5, 0.6) is 0 Å². The molecule has 24 heavy (non-hydrogen) atoms. The van der Waals surface area contributed by atoms with Crippen molar-refractivity contribution in [1.82, 2.24) is 15.1 Å². The molecule has 136 valence electrons. The molecule has 0 spiro atoms. The zero-order chi connectivity index (χ0) is 18.1. The van der Waals surface area contributed by atoms with Crippen molar-refractivity contribution in [2.24, 2.45) is 11.8 Å². The predicted molar refractivity (Wildman–Crippen MR) is 90.3 cm³/mol. The van der Waals surface area contributed by atoms with Crippen molar-refractivity contribution in [3.8, 4) is 0 Å². The van der Waals surface area contributed by atoms with E-state index in [9.17, 15) is 13.2 Å². The highest BCUT2D eigenvalue weighted by Gasteiger charge is 2.39. The smallest absolute Gasteiger partial charge is 0.311 e. The fraction of sp³-hybridized carbons (Fsp3) is 0.812. The average molecular weight is 357 g/mol. The molecule has 1 aliphatic rings. The van der Waals surface area contributed by atoms with Crippen LogP contribution in [0.3, 0.4) is 0 Å². The normalized spacial score (nSPS) is 17.5. The zero-order valence-corrected chi connectivity index (χ0v) is 15.9. The maximum absolute atomic E-state index is 12.5. The lowest BCUT2D eigenvalue weighted by Gasteiger charge is -2.31. The number of sulfone groups is 1. The molecule has 0 radical (unpaired) electrons. The number of carbonyl (C=O) groups is 1. The molecule has 1 saturated heterocycles. The van der Waals surface area contributed by atoms with Gasteiger partial charge in [-0.2, -0.15) is 0 Å². The predicted octanol–water partition coefficient (Wildman–Crippen LogP) is 2.25. The molecule has 0 aromatic carbocycles. The molecule has 1 fully saturated rings. The van der Waals surface area contributed by atoms with Gasteiger partial charge < -0.3 is 9.32 Å². The van der Waals surface area contributed by atoms with Gasteiger partial charge in [-0.15, -0.1) is 10.2 Å². The first-order valence-corrected chi connectivity index (χ1v) is 10.2. The summed E-state index contributed by atoms with van der Waals surface area (Å²) in [4.78, 5) is 14.2. The van der Waals surface area contributed by atoms with Crippen LogP contribution >= 0.6 is 0 Å². The zero-order valence-electron chi connectivity index (χ0n) is 15.1. The Kier molecular flexibility index (Phi) is 5.37. The van der Waals surface area contributed by atoms with Crippen molar-refractivity contribution in [2.45, 2.75) is 51.7 Å². The molecule has 0 unspecified atom stereocenters. The van der Waals surface area contributed by atoms with Crippen LogP contribution < -0.4 is 0 Å². The Morgan fingerprint density at radius 3 is 2.38 bits per heavy atom. The van der Waals surface area contributed by atoms with Gasteiger partial charge in [-0.1, -0.05) is 13.8 Å². The highest BCUT2D eigenvalue weighted by atomic mass is 32.2. The van der Waals surface area contributed by atoms with E-state index in [1.807, 2.05) is 0 Å². The van der Waals surface area contributed by atoms with Crippen LogP contribution in [0.25, 0.3) is 0 Å². The van der Waals surface area contributed by atoms with Gasteiger partial charge in [0.25, 0.3) is 0 Å². The van der Waals surface area contributed by atoms with E-state index in [-0.39, 0.29) is 17.7 Å². The summed E-state index contributed by atoms with van der Waals surface area (Å²) >= 11 is 0. The Hall–Kier alpha value is -1.44. The molecule has 0 atom stereocenters. The molecule has 1 aromatic rings. The summed E-state index contributed by atoms with van der Waals surface area (Å²) in [6.45, 7) is 8.73. The minimum absolute atomic E-state index is 0.0527. The number of aromatic nitrogens is 2. The minimum Gasteiger partial charge on any atom is -0.415 e. The molecule has 0 bridgehead atoms. The first-order chi connectivity index (χ1) is 11.0. The van der Waals surface area contributed by atoms with Crippen LogP contribution in [0.15, 0.2) is 4.42 Å². The number of nitrogens with zero attached hydrogens (tertiary/aromatic N) is 3. The highest BCUT2D eigenvalue weighted by molar-refractivity contribution is 7.91. The summed E-state index contributed by atoms with van der Waals surface area (Å²) in [7, 11) is -3.43. The standard InChI is InChI=1S/C16H27N3O4S/c1-11(2)10-12-6-8-19(9-7-12)14(20)13-17-18-15(23-13)16(3,4)24(5,21)22/h11-12H,6-10H2,1-5H3. The SMILES string of the molecule is CC(C)CC1CCN(C(=O)c2nnc(C(C)(C)S(C)(=O)=O)o2)CC1. The molecule has 1 amide bonds. The quantitative estimate of drug-likeness (QED) is 0.802. The lowest BCUT2D eigenvalue weighted by molar-refractivity contribution is 0.0638. The minimum atomic E-state index is -3.43. The van der Waals surface area contributed by atoms with Gasteiger partial charge in [0.2, 0.25) is 5.89 Å². The Labute approximate surface area is 143 Å². The number of hydrogen-bond acceptors (Lipinski definition) is 6.